The number of thiophene rings is 1. The number of nitrogens with zero attached hydrogens (tertiary/aromatic N) is 1. The highest BCUT2D eigenvalue weighted by Crippen LogP contribution is 2.29. The molecule has 0 aliphatic rings. The van der Waals surface area contributed by atoms with Crippen molar-refractivity contribution < 1.29 is 28.5 Å². The summed E-state index contributed by atoms with van der Waals surface area (Å²) >= 11 is 1.30. The lowest BCUT2D eigenvalue weighted by molar-refractivity contribution is -0.120. The van der Waals surface area contributed by atoms with E-state index in [1.165, 1.54) is 24.7 Å². The van der Waals surface area contributed by atoms with Crippen LogP contribution in [0.25, 0.3) is 0 Å². The lowest BCUT2D eigenvalue weighted by Crippen LogP contribution is -2.19. The number of carbonyl (C=O) groups excluding carboxylic acids is 2. The van der Waals surface area contributed by atoms with Crippen LogP contribution in [0.1, 0.15) is 27.7 Å². The van der Waals surface area contributed by atoms with Crippen LogP contribution in [0.2, 0.25) is 0 Å². The molecular formula is C24H24N2O6S. The van der Waals surface area contributed by atoms with Crippen LogP contribution in [0.3, 0.4) is 0 Å². The molecular weight excluding hydrogens is 444 g/mol. The lowest BCUT2D eigenvalue weighted by Gasteiger charge is -2.11. The van der Waals surface area contributed by atoms with E-state index in [0.29, 0.717) is 40.0 Å². The first-order valence-electron chi connectivity index (χ1n) is 10.1. The third-order valence-corrected chi connectivity index (χ3v) is 5.26. The average molecular weight is 469 g/mol. The summed E-state index contributed by atoms with van der Waals surface area (Å²) in [5, 5.41) is 5.81. The Bertz CT molecular complexity index is 1130. The van der Waals surface area contributed by atoms with E-state index in [2.05, 4.69) is 10.5 Å². The second-order valence-corrected chi connectivity index (χ2v) is 7.61. The molecule has 2 aromatic carbocycles. The van der Waals surface area contributed by atoms with Gasteiger partial charge in [0, 0.05) is 0 Å². The molecule has 1 heterocycles. The molecule has 0 saturated heterocycles. The Morgan fingerprint density at radius 2 is 1.79 bits per heavy atom. The van der Waals surface area contributed by atoms with Gasteiger partial charge in [0.25, 0.3) is 0 Å². The Kier molecular flexibility index (Phi) is 8.43. The summed E-state index contributed by atoms with van der Waals surface area (Å²) in [6, 6.07) is 13.8. The van der Waals surface area contributed by atoms with E-state index < -0.39 is 5.97 Å². The van der Waals surface area contributed by atoms with Crippen LogP contribution in [-0.2, 0) is 11.2 Å². The van der Waals surface area contributed by atoms with Crippen LogP contribution in [0.4, 0.5) is 0 Å². The fraction of sp³-hybridized carbons (Fsp3) is 0.208. The number of hydrogen-bond acceptors (Lipinski definition) is 8. The molecule has 3 rings (SSSR count). The van der Waals surface area contributed by atoms with Crippen molar-refractivity contribution >= 4 is 29.4 Å². The van der Waals surface area contributed by atoms with Crippen molar-refractivity contribution in [3.8, 4) is 23.0 Å². The first-order valence-corrected chi connectivity index (χ1v) is 11.0. The molecule has 0 aliphatic heterocycles. The van der Waals surface area contributed by atoms with Crippen molar-refractivity contribution in [3.05, 3.63) is 69.9 Å². The Hall–Kier alpha value is -3.85. The summed E-state index contributed by atoms with van der Waals surface area (Å²) in [5.41, 5.74) is 3.92. The predicted molar refractivity (Wildman–Crippen MR) is 126 cm³/mol. The highest BCUT2D eigenvalue weighted by Gasteiger charge is 2.14. The number of benzene rings is 2. The Labute approximate surface area is 195 Å². The Morgan fingerprint density at radius 3 is 2.48 bits per heavy atom. The molecule has 0 atom stereocenters. The SMILES string of the molecule is CCOc1cc(/C=N\NC(=O)Cc2ccc(OC)c(OC)c2)ccc1OC(=O)c1cccs1. The number of amides is 1. The average Bonchev–Trinajstić information content (AvgIpc) is 3.36. The Morgan fingerprint density at radius 1 is 1.00 bits per heavy atom. The third-order valence-electron chi connectivity index (χ3n) is 4.41. The standard InChI is InChI=1S/C24H24N2O6S/c1-4-31-21-13-17(8-10-19(21)32-24(28)22-6-5-11-33-22)15-25-26-23(27)14-16-7-9-18(29-2)20(12-16)30-3/h5-13,15H,4,14H2,1-3H3,(H,26,27)/b25-15-. The van der Waals surface area contributed by atoms with Crippen LogP contribution in [-0.4, -0.2) is 38.9 Å². The maximum Gasteiger partial charge on any atom is 0.353 e. The van der Waals surface area contributed by atoms with Gasteiger partial charge in [0.2, 0.25) is 5.91 Å². The molecule has 0 fully saturated rings. The summed E-state index contributed by atoms with van der Waals surface area (Å²) < 4.78 is 21.5. The number of esters is 1. The summed E-state index contributed by atoms with van der Waals surface area (Å²) in [4.78, 5) is 25.0. The van der Waals surface area contributed by atoms with Gasteiger partial charge < -0.3 is 18.9 Å². The number of nitrogens with one attached hydrogen (secondary N) is 1. The van der Waals surface area contributed by atoms with Gasteiger partial charge >= 0.3 is 5.97 Å². The van der Waals surface area contributed by atoms with Crippen molar-refractivity contribution in [3.63, 3.8) is 0 Å². The summed E-state index contributed by atoms with van der Waals surface area (Å²) in [5.74, 6) is 1.12. The van der Waals surface area contributed by atoms with E-state index in [-0.39, 0.29) is 12.3 Å². The maximum absolute atomic E-state index is 12.2. The second kappa shape index (κ2) is 11.7. The van der Waals surface area contributed by atoms with Crippen molar-refractivity contribution in [1.29, 1.82) is 0 Å². The quantitative estimate of drug-likeness (QED) is 0.209. The van der Waals surface area contributed by atoms with Crippen LogP contribution in [0.5, 0.6) is 23.0 Å². The van der Waals surface area contributed by atoms with Gasteiger partial charge in [0.15, 0.2) is 23.0 Å². The van der Waals surface area contributed by atoms with Crippen LogP contribution in [0, 0.1) is 0 Å². The maximum atomic E-state index is 12.2. The number of hydrogen-bond donors (Lipinski definition) is 1. The van der Waals surface area contributed by atoms with Gasteiger partial charge in [0.05, 0.1) is 33.5 Å². The minimum absolute atomic E-state index is 0.125. The van der Waals surface area contributed by atoms with Crippen LogP contribution in [0.15, 0.2) is 59.0 Å². The van der Waals surface area contributed by atoms with Crippen LogP contribution >= 0.6 is 11.3 Å². The van der Waals surface area contributed by atoms with Gasteiger partial charge in [-0.2, -0.15) is 5.10 Å². The summed E-state index contributed by atoms with van der Waals surface area (Å²) in [6.07, 6.45) is 1.61. The van der Waals surface area contributed by atoms with E-state index in [9.17, 15) is 9.59 Å². The molecule has 0 aliphatic carbocycles. The van der Waals surface area contributed by atoms with Gasteiger partial charge in [-0.25, -0.2) is 10.2 Å². The highest BCUT2D eigenvalue weighted by atomic mass is 32.1. The molecule has 0 saturated carbocycles. The summed E-state index contributed by atoms with van der Waals surface area (Å²) in [6.45, 7) is 2.23. The first-order chi connectivity index (χ1) is 16.0. The second-order valence-electron chi connectivity index (χ2n) is 6.67. The van der Waals surface area contributed by atoms with Crippen molar-refractivity contribution in [2.75, 3.05) is 20.8 Å². The number of carbonyl (C=O) groups is 2. The molecule has 1 amide bonds. The molecule has 3 aromatic rings. The highest BCUT2D eigenvalue weighted by molar-refractivity contribution is 7.12. The number of ether oxygens (including phenoxy) is 4. The molecule has 0 bridgehead atoms. The lowest BCUT2D eigenvalue weighted by atomic mass is 10.1. The van der Waals surface area contributed by atoms with Gasteiger partial charge in [-0.05, 0) is 59.8 Å². The number of rotatable bonds is 10. The smallest absolute Gasteiger partial charge is 0.353 e. The first kappa shape index (κ1) is 23.8. The van der Waals surface area contributed by atoms with Crippen molar-refractivity contribution in [1.82, 2.24) is 5.43 Å². The fourth-order valence-electron chi connectivity index (χ4n) is 2.90. The van der Waals surface area contributed by atoms with E-state index in [1.807, 2.05) is 6.92 Å². The summed E-state index contributed by atoms with van der Waals surface area (Å²) in [7, 11) is 3.09. The van der Waals surface area contributed by atoms with E-state index in [0.717, 1.165) is 5.56 Å². The molecule has 0 spiro atoms. The zero-order valence-electron chi connectivity index (χ0n) is 18.5. The van der Waals surface area contributed by atoms with E-state index in [1.54, 1.807) is 61.0 Å². The minimum Gasteiger partial charge on any atom is -0.493 e. The van der Waals surface area contributed by atoms with Crippen molar-refractivity contribution in [2.45, 2.75) is 13.3 Å². The van der Waals surface area contributed by atoms with Gasteiger partial charge in [-0.1, -0.05) is 12.1 Å². The molecule has 33 heavy (non-hydrogen) atoms. The van der Waals surface area contributed by atoms with Crippen molar-refractivity contribution in [2.24, 2.45) is 5.10 Å². The fourth-order valence-corrected chi connectivity index (χ4v) is 3.50. The predicted octanol–water partition coefficient (Wildman–Crippen LogP) is 4.08. The number of hydrazone groups is 1. The molecule has 1 aromatic heterocycles. The third kappa shape index (κ3) is 6.56. The van der Waals surface area contributed by atoms with Gasteiger partial charge in [-0.15, -0.1) is 11.3 Å². The minimum atomic E-state index is -0.449. The largest absolute Gasteiger partial charge is 0.493 e. The molecule has 9 heteroatoms. The molecule has 8 nitrogen and oxygen atoms in total. The number of methoxy groups -OCH3 is 2. The zero-order chi connectivity index (χ0) is 23.6. The zero-order valence-corrected chi connectivity index (χ0v) is 19.3. The molecule has 0 unspecified atom stereocenters. The van der Waals surface area contributed by atoms with Crippen LogP contribution < -0.4 is 24.4 Å². The van der Waals surface area contributed by atoms with Gasteiger partial charge in [0.1, 0.15) is 4.88 Å². The van der Waals surface area contributed by atoms with E-state index in [4.69, 9.17) is 18.9 Å². The normalized spacial score (nSPS) is 10.6. The molecule has 172 valence electrons. The monoisotopic (exact) mass is 468 g/mol. The topological polar surface area (TPSA) is 95.5 Å². The molecule has 0 radical (unpaired) electrons. The Balaban J connectivity index is 1.62. The molecule has 1 N–H and O–H groups in total. The van der Waals surface area contributed by atoms with E-state index >= 15 is 0 Å². The van der Waals surface area contributed by atoms with Gasteiger partial charge in [-0.3, -0.25) is 4.79 Å².